The number of rotatable bonds is 6. The second kappa shape index (κ2) is 7.73. The predicted molar refractivity (Wildman–Crippen MR) is 70.9 cm³/mol. The third-order valence-electron chi connectivity index (χ3n) is 2.46. The summed E-state index contributed by atoms with van der Waals surface area (Å²) in [4.78, 5) is 33.4. The van der Waals surface area contributed by atoms with E-state index in [4.69, 9.17) is 5.11 Å². The molecule has 0 aliphatic heterocycles. The van der Waals surface area contributed by atoms with Gasteiger partial charge in [0.2, 0.25) is 5.91 Å². The molecule has 6 nitrogen and oxygen atoms in total. The summed E-state index contributed by atoms with van der Waals surface area (Å²) in [5, 5.41) is 10.8. The van der Waals surface area contributed by atoms with E-state index >= 15 is 0 Å². The van der Waals surface area contributed by atoms with Crippen LogP contribution in [0.15, 0.2) is 42.5 Å². The van der Waals surface area contributed by atoms with Gasteiger partial charge in [-0.25, -0.2) is 9.59 Å². The fourth-order valence-corrected chi connectivity index (χ4v) is 1.55. The molecule has 0 radical (unpaired) electrons. The lowest BCUT2D eigenvalue weighted by Crippen LogP contribution is -2.42. The minimum atomic E-state index is -1.24. The van der Waals surface area contributed by atoms with Gasteiger partial charge in [0.05, 0.1) is 7.11 Å². The first-order valence-electron chi connectivity index (χ1n) is 5.86. The van der Waals surface area contributed by atoms with Crippen LogP contribution in [0.5, 0.6) is 0 Å². The minimum Gasteiger partial charge on any atom is -0.478 e. The van der Waals surface area contributed by atoms with Crippen LogP contribution in [0.1, 0.15) is 5.56 Å². The third-order valence-corrected chi connectivity index (χ3v) is 2.46. The number of methoxy groups -OCH3 is 1. The number of carboxylic acid groups (broad SMARTS) is 1. The van der Waals surface area contributed by atoms with Gasteiger partial charge in [0.25, 0.3) is 0 Å². The van der Waals surface area contributed by atoms with Gasteiger partial charge >= 0.3 is 11.9 Å². The molecule has 20 heavy (non-hydrogen) atoms. The molecule has 1 rings (SSSR count). The smallest absolute Gasteiger partial charge is 0.328 e. The average Bonchev–Trinajstić information content (AvgIpc) is 2.44. The summed E-state index contributed by atoms with van der Waals surface area (Å²) in [6.07, 6.45) is 1.82. The molecule has 0 heterocycles. The van der Waals surface area contributed by atoms with E-state index in [9.17, 15) is 14.4 Å². The van der Waals surface area contributed by atoms with Gasteiger partial charge in [-0.1, -0.05) is 30.3 Å². The van der Waals surface area contributed by atoms with E-state index in [2.05, 4.69) is 10.1 Å². The van der Waals surface area contributed by atoms with Crippen molar-refractivity contribution in [3.8, 4) is 0 Å². The number of carboxylic acids is 1. The largest absolute Gasteiger partial charge is 0.478 e. The Bertz CT molecular complexity index is 510. The lowest BCUT2D eigenvalue weighted by atomic mass is 10.1. The standard InChI is InChI=1S/C14H15NO5/c1-20-14(19)11(9-10-5-3-2-4-6-10)15-12(16)7-8-13(17)18/h2-8,11H,9H2,1H3,(H,15,16)(H,17,18)/t11-/m0/s1. The molecule has 0 saturated heterocycles. The van der Waals surface area contributed by atoms with Crippen molar-refractivity contribution in [2.45, 2.75) is 12.5 Å². The molecule has 2 N–H and O–H groups in total. The fourth-order valence-electron chi connectivity index (χ4n) is 1.55. The summed E-state index contributed by atoms with van der Waals surface area (Å²) in [6.45, 7) is 0. The Hall–Kier alpha value is -2.63. The van der Waals surface area contributed by atoms with Crippen LogP contribution in [0.2, 0.25) is 0 Å². The fraction of sp³-hybridized carbons (Fsp3) is 0.214. The van der Waals surface area contributed by atoms with Crippen LogP contribution in [-0.2, 0) is 25.5 Å². The van der Waals surface area contributed by atoms with Crippen molar-refractivity contribution in [2.75, 3.05) is 7.11 Å². The molecule has 0 spiro atoms. The number of ether oxygens (including phenoxy) is 1. The van der Waals surface area contributed by atoms with Gasteiger partial charge in [0.1, 0.15) is 6.04 Å². The summed E-state index contributed by atoms with van der Waals surface area (Å²) >= 11 is 0. The molecular weight excluding hydrogens is 262 g/mol. The normalized spacial score (nSPS) is 11.8. The topological polar surface area (TPSA) is 92.7 Å². The highest BCUT2D eigenvalue weighted by Gasteiger charge is 2.20. The molecule has 1 aromatic rings. The van der Waals surface area contributed by atoms with Gasteiger partial charge in [-0.15, -0.1) is 0 Å². The van der Waals surface area contributed by atoms with E-state index < -0.39 is 23.9 Å². The number of aliphatic carboxylic acids is 1. The number of hydrogen-bond donors (Lipinski definition) is 2. The molecule has 1 aromatic carbocycles. The SMILES string of the molecule is COC(=O)[C@H](Cc1ccccc1)NC(=O)C=CC(=O)O. The Labute approximate surface area is 116 Å². The lowest BCUT2D eigenvalue weighted by Gasteiger charge is -2.15. The quantitative estimate of drug-likeness (QED) is 0.584. The molecule has 1 atom stereocenters. The number of hydrogen-bond acceptors (Lipinski definition) is 4. The molecule has 0 aliphatic carbocycles. The van der Waals surface area contributed by atoms with E-state index in [-0.39, 0.29) is 6.42 Å². The Kier molecular flexibility index (Phi) is 5.96. The second-order valence-electron chi connectivity index (χ2n) is 3.95. The molecule has 0 aromatic heterocycles. The number of amides is 1. The van der Waals surface area contributed by atoms with Gasteiger partial charge in [-0.2, -0.15) is 0 Å². The van der Waals surface area contributed by atoms with Gasteiger partial charge in [-0.3, -0.25) is 4.79 Å². The van der Waals surface area contributed by atoms with Crippen LogP contribution < -0.4 is 5.32 Å². The Morgan fingerprint density at radius 1 is 1.25 bits per heavy atom. The van der Waals surface area contributed by atoms with Gasteiger partial charge in [-0.05, 0) is 5.56 Å². The van der Waals surface area contributed by atoms with Crippen LogP contribution in [0.25, 0.3) is 0 Å². The summed E-state index contributed by atoms with van der Waals surface area (Å²) < 4.78 is 4.62. The Balaban J connectivity index is 2.73. The predicted octanol–water partition coefficient (Wildman–Crippen LogP) is 0.528. The molecule has 0 saturated carbocycles. The lowest BCUT2D eigenvalue weighted by molar-refractivity contribution is -0.144. The van der Waals surface area contributed by atoms with Crippen molar-refractivity contribution in [1.29, 1.82) is 0 Å². The zero-order valence-electron chi connectivity index (χ0n) is 10.9. The number of esters is 1. The van der Waals surface area contributed by atoms with Crippen molar-refractivity contribution in [3.05, 3.63) is 48.0 Å². The maximum Gasteiger partial charge on any atom is 0.328 e. The zero-order valence-corrected chi connectivity index (χ0v) is 10.9. The first kappa shape index (κ1) is 15.4. The summed E-state index contributed by atoms with van der Waals surface area (Å²) in [5.74, 6) is -2.50. The van der Waals surface area contributed by atoms with E-state index in [1.807, 2.05) is 30.3 Å². The minimum absolute atomic E-state index is 0.264. The maximum absolute atomic E-state index is 11.6. The molecule has 106 valence electrons. The maximum atomic E-state index is 11.6. The van der Waals surface area contributed by atoms with Crippen molar-refractivity contribution in [1.82, 2.24) is 5.32 Å². The molecule has 6 heteroatoms. The highest BCUT2D eigenvalue weighted by Crippen LogP contribution is 2.04. The number of benzene rings is 1. The molecule has 0 unspecified atom stereocenters. The van der Waals surface area contributed by atoms with E-state index in [0.29, 0.717) is 6.08 Å². The summed E-state index contributed by atoms with van der Waals surface area (Å²) in [7, 11) is 1.22. The Morgan fingerprint density at radius 2 is 1.90 bits per heavy atom. The average molecular weight is 277 g/mol. The molecule has 0 fully saturated rings. The van der Waals surface area contributed by atoms with Crippen LogP contribution in [0, 0.1) is 0 Å². The van der Waals surface area contributed by atoms with Crippen molar-refractivity contribution in [3.63, 3.8) is 0 Å². The highest BCUT2D eigenvalue weighted by atomic mass is 16.5. The van der Waals surface area contributed by atoms with Crippen molar-refractivity contribution < 1.29 is 24.2 Å². The van der Waals surface area contributed by atoms with Crippen molar-refractivity contribution in [2.24, 2.45) is 0 Å². The zero-order chi connectivity index (χ0) is 15.0. The number of nitrogens with one attached hydrogen (secondary N) is 1. The Morgan fingerprint density at radius 3 is 2.45 bits per heavy atom. The van der Waals surface area contributed by atoms with Crippen molar-refractivity contribution >= 4 is 17.8 Å². The monoisotopic (exact) mass is 277 g/mol. The molecule has 0 aliphatic rings. The first-order chi connectivity index (χ1) is 9.52. The highest BCUT2D eigenvalue weighted by molar-refractivity contribution is 5.95. The van der Waals surface area contributed by atoms with Gasteiger partial charge in [0, 0.05) is 18.6 Å². The summed E-state index contributed by atoms with van der Waals surface area (Å²) in [6, 6.07) is 8.23. The van der Waals surface area contributed by atoms with E-state index in [0.717, 1.165) is 11.6 Å². The first-order valence-corrected chi connectivity index (χ1v) is 5.86. The van der Waals surface area contributed by atoms with Crippen LogP contribution in [0.4, 0.5) is 0 Å². The van der Waals surface area contributed by atoms with Crippen LogP contribution in [0.3, 0.4) is 0 Å². The third kappa shape index (κ3) is 5.34. The molecule has 1 amide bonds. The van der Waals surface area contributed by atoms with Crippen LogP contribution in [-0.4, -0.2) is 36.1 Å². The molecule has 0 bridgehead atoms. The van der Waals surface area contributed by atoms with E-state index in [1.54, 1.807) is 0 Å². The van der Waals surface area contributed by atoms with Gasteiger partial charge < -0.3 is 15.2 Å². The number of carbonyl (C=O) groups is 3. The molecular formula is C14H15NO5. The second-order valence-corrected chi connectivity index (χ2v) is 3.95. The van der Waals surface area contributed by atoms with Gasteiger partial charge in [0.15, 0.2) is 0 Å². The van der Waals surface area contributed by atoms with E-state index in [1.165, 1.54) is 7.11 Å². The van der Waals surface area contributed by atoms with Crippen LogP contribution >= 0.6 is 0 Å². The summed E-state index contributed by atoms with van der Waals surface area (Å²) in [5.41, 5.74) is 0.852. The number of carbonyl (C=O) groups excluding carboxylic acids is 2.